The molecule has 0 aliphatic carbocycles. The molecule has 1 amide bonds. The minimum absolute atomic E-state index is 0.00916. The van der Waals surface area contributed by atoms with E-state index in [0.717, 1.165) is 11.4 Å². The van der Waals surface area contributed by atoms with Crippen molar-refractivity contribution in [2.45, 2.75) is 26.4 Å². The van der Waals surface area contributed by atoms with Gasteiger partial charge in [0.1, 0.15) is 0 Å². The third-order valence-electron chi connectivity index (χ3n) is 1.95. The van der Waals surface area contributed by atoms with Crippen LogP contribution in [0.3, 0.4) is 0 Å². The minimum atomic E-state index is -0.0487. The Kier molecular flexibility index (Phi) is 2.21. The highest BCUT2D eigenvalue weighted by molar-refractivity contribution is 5.98. The second-order valence-electron chi connectivity index (χ2n) is 3.49. The van der Waals surface area contributed by atoms with Gasteiger partial charge in [-0.3, -0.25) is 14.6 Å². The van der Waals surface area contributed by atoms with E-state index < -0.39 is 0 Å². The molecule has 74 valence electrons. The Morgan fingerprint density at radius 2 is 2.36 bits per heavy atom. The number of rotatable bonds is 2. The number of amides is 1. The molecule has 0 atom stereocenters. The smallest absolute Gasteiger partial charge is 0.257 e. The van der Waals surface area contributed by atoms with Crippen LogP contribution in [0.25, 0.3) is 0 Å². The molecule has 14 heavy (non-hydrogen) atoms. The van der Waals surface area contributed by atoms with Gasteiger partial charge in [-0.25, -0.2) is 0 Å². The highest BCUT2D eigenvalue weighted by Gasteiger charge is 2.29. The van der Waals surface area contributed by atoms with Crippen molar-refractivity contribution >= 4 is 11.6 Å². The van der Waals surface area contributed by atoms with Gasteiger partial charge >= 0.3 is 0 Å². The minimum Gasteiger partial charge on any atom is -0.272 e. The van der Waals surface area contributed by atoms with Gasteiger partial charge in [0.15, 0.2) is 0 Å². The van der Waals surface area contributed by atoms with Gasteiger partial charge in [0.05, 0.1) is 23.9 Å². The van der Waals surface area contributed by atoms with Crippen molar-refractivity contribution in [2.24, 2.45) is 0 Å². The number of anilines is 1. The van der Waals surface area contributed by atoms with Gasteiger partial charge in [0, 0.05) is 6.20 Å². The van der Waals surface area contributed by atoms with Gasteiger partial charge in [-0.2, -0.15) is 5.06 Å². The number of hydroxylamine groups is 1. The molecule has 0 aromatic carbocycles. The summed E-state index contributed by atoms with van der Waals surface area (Å²) in [5.74, 6) is -0.0487. The van der Waals surface area contributed by atoms with E-state index in [1.807, 2.05) is 19.9 Å². The molecule has 1 aliphatic heterocycles. The normalized spacial score (nSPS) is 15.1. The summed E-state index contributed by atoms with van der Waals surface area (Å²) in [6.45, 7) is 3.78. The van der Waals surface area contributed by atoms with Crippen LogP contribution in [0.15, 0.2) is 18.3 Å². The molecule has 1 aliphatic rings. The molecule has 2 rings (SSSR count). The summed E-state index contributed by atoms with van der Waals surface area (Å²) in [6.07, 6.45) is 2.01. The van der Waals surface area contributed by atoms with Crippen LogP contribution >= 0.6 is 0 Å². The number of hydrogen-bond donors (Lipinski definition) is 0. The van der Waals surface area contributed by atoms with Crippen LogP contribution in [0.4, 0.5) is 5.69 Å². The summed E-state index contributed by atoms with van der Waals surface area (Å²) < 4.78 is 0. The van der Waals surface area contributed by atoms with E-state index in [1.165, 1.54) is 5.06 Å². The van der Waals surface area contributed by atoms with Crippen LogP contribution in [-0.4, -0.2) is 17.0 Å². The Morgan fingerprint density at radius 1 is 1.57 bits per heavy atom. The van der Waals surface area contributed by atoms with Gasteiger partial charge in [-0.1, -0.05) is 0 Å². The van der Waals surface area contributed by atoms with E-state index in [-0.39, 0.29) is 12.0 Å². The highest BCUT2D eigenvalue weighted by atomic mass is 16.7. The van der Waals surface area contributed by atoms with Crippen molar-refractivity contribution in [1.82, 2.24) is 4.98 Å². The number of carbonyl (C=O) groups excluding carboxylic acids is 1. The molecule has 0 saturated heterocycles. The fraction of sp³-hybridized carbons (Fsp3) is 0.400. The first-order valence-electron chi connectivity index (χ1n) is 4.62. The van der Waals surface area contributed by atoms with E-state index in [1.54, 1.807) is 12.3 Å². The zero-order valence-corrected chi connectivity index (χ0v) is 8.23. The molecule has 0 bridgehead atoms. The number of fused-ring (bicyclic) bond motifs is 1. The summed E-state index contributed by atoms with van der Waals surface area (Å²) in [6, 6.07) is 3.64. The van der Waals surface area contributed by atoms with Crippen LogP contribution in [0.5, 0.6) is 0 Å². The summed E-state index contributed by atoms with van der Waals surface area (Å²) in [7, 11) is 0. The molecule has 0 spiro atoms. The summed E-state index contributed by atoms with van der Waals surface area (Å²) in [5.41, 5.74) is 1.56. The van der Waals surface area contributed by atoms with Gasteiger partial charge in [-0.05, 0) is 26.0 Å². The molecule has 1 aromatic rings. The van der Waals surface area contributed by atoms with Crippen LogP contribution < -0.4 is 5.06 Å². The van der Waals surface area contributed by atoms with Gasteiger partial charge < -0.3 is 0 Å². The molecular formula is C10H12N2O2. The van der Waals surface area contributed by atoms with E-state index >= 15 is 0 Å². The van der Waals surface area contributed by atoms with E-state index in [9.17, 15) is 4.79 Å². The molecule has 1 aromatic heterocycles. The topological polar surface area (TPSA) is 42.4 Å². The van der Waals surface area contributed by atoms with Crippen LogP contribution in [0.1, 0.15) is 19.5 Å². The first-order chi connectivity index (χ1) is 6.68. The Bertz CT molecular complexity index is 363. The highest BCUT2D eigenvalue weighted by Crippen LogP contribution is 2.27. The maximum Gasteiger partial charge on any atom is 0.257 e. The van der Waals surface area contributed by atoms with Crippen molar-refractivity contribution in [3.63, 3.8) is 0 Å². The Balaban J connectivity index is 2.30. The van der Waals surface area contributed by atoms with Crippen molar-refractivity contribution < 1.29 is 9.63 Å². The Labute approximate surface area is 82.5 Å². The van der Waals surface area contributed by atoms with Crippen molar-refractivity contribution in [1.29, 1.82) is 0 Å². The molecule has 4 heteroatoms. The van der Waals surface area contributed by atoms with Gasteiger partial charge in [0.2, 0.25) is 0 Å². The lowest BCUT2D eigenvalue weighted by molar-refractivity contribution is -0.126. The molecule has 0 radical (unpaired) electrons. The molecule has 0 unspecified atom stereocenters. The zero-order chi connectivity index (χ0) is 10.1. The molecule has 0 fully saturated rings. The number of hydrogen-bond acceptors (Lipinski definition) is 3. The molecule has 2 heterocycles. The molecule has 0 N–H and O–H groups in total. The lowest BCUT2D eigenvalue weighted by atomic mass is 10.3. The first kappa shape index (κ1) is 9.15. The average molecular weight is 192 g/mol. The maximum absolute atomic E-state index is 11.5. The molecular weight excluding hydrogens is 180 g/mol. The molecule has 4 nitrogen and oxygen atoms in total. The SMILES string of the molecule is CC(C)ON1C(=O)Cc2ncccc21. The molecule has 0 saturated carbocycles. The monoisotopic (exact) mass is 192 g/mol. The standard InChI is InChI=1S/C10H12N2O2/c1-7(2)14-12-9-4-3-5-11-8(9)6-10(12)13/h3-5,7H,6H2,1-2H3. The maximum atomic E-state index is 11.5. The zero-order valence-electron chi connectivity index (χ0n) is 8.23. The Morgan fingerprint density at radius 3 is 3.07 bits per heavy atom. The van der Waals surface area contributed by atoms with Crippen molar-refractivity contribution in [3.8, 4) is 0 Å². The number of carbonyl (C=O) groups is 1. The lowest BCUT2D eigenvalue weighted by Crippen LogP contribution is -2.29. The summed E-state index contributed by atoms with van der Waals surface area (Å²) in [4.78, 5) is 21.0. The lowest BCUT2D eigenvalue weighted by Gasteiger charge is -2.18. The largest absolute Gasteiger partial charge is 0.272 e. The van der Waals surface area contributed by atoms with Crippen molar-refractivity contribution in [2.75, 3.05) is 5.06 Å². The van der Waals surface area contributed by atoms with E-state index in [4.69, 9.17) is 4.84 Å². The second-order valence-corrected chi connectivity index (χ2v) is 3.49. The average Bonchev–Trinajstić information content (AvgIpc) is 2.43. The first-order valence-corrected chi connectivity index (χ1v) is 4.62. The van der Waals surface area contributed by atoms with E-state index in [2.05, 4.69) is 4.98 Å². The number of aromatic nitrogens is 1. The third-order valence-corrected chi connectivity index (χ3v) is 1.95. The van der Waals surface area contributed by atoms with E-state index in [0.29, 0.717) is 6.42 Å². The predicted octanol–water partition coefficient (Wildman–Crippen LogP) is 1.31. The Hall–Kier alpha value is -1.42. The number of nitrogens with zero attached hydrogens (tertiary/aromatic N) is 2. The van der Waals surface area contributed by atoms with Crippen LogP contribution in [0.2, 0.25) is 0 Å². The third kappa shape index (κ3) is 1.48. The number of pyridine rings is 1. The fourth-order valence-electron chi connectivity index (χ4n) is 1.43. The summed E-state index contributed by atoms with van der Waals surface area (Å²) in [5, 5.41) is 1.34. The van der Waals surface area contributed by atoms with Crippen LogP contribution in [0, 0.1) is 0 Å². The second kappa shape index (κ2) is 3.38. The van der Waals surface area contributed by atoms with Gasteiger partial charge in [-0.15, -0.1) is 0 Å². The summed E-state index contributed by atoms with van der Waals surface area (Å²) >= 11 is 0. The van der Waals surface area contributed by atoms with Gasteiger partial charge in [0.25, 0.3) is 5.91 Å². The fourth-order valence-corrected chi connectivity index (χ4v) is 1.43. The quantitative estimate of drug-likeness (QED) is 0.709. The van der Waals surface area contributed by atoms with Crippen molar-refractivity contribution in [3.05, 3.63) is 24.0 Å². The predicted molar refractivity (Wildman–Crippen MR) is 51.6 cm³/mol. The van der Waals surface area contributed by atoms with Crippen LogP contribution in [-0.2, 0) is 16.1 Å².